The first-order valence-electron chi connectivity index (χ1n) is 6.18. The van der Waals surface area contributed by atoms with E-state index in [1.54, 1.807) is 6.07 Å². The minimum atomic E-state index is -3.45. The fourth-order valence-electron chi connectivity index (χ4n) is 1.74. The molecule has 0 radical (unpaired) electrons. The Labute approximate surface area is 122 Å². The first kappa shape index (κ1) is 15.4. The number of hydrogen-bond donors (Lipinski definition) is 3. The Morgan fingerprint density at radius 1 is 1.43 bits per heavy atom. The number of carboxylic acids is 1. The van der Waals surface area contributed by atoms with E-state index in [1.807, 2.05) is 0 Å². The lowest BCUT2D eigenvalue weighted by Crippen LogP contribution is -2.36. The quantitative estimate of drug-likeness (QED) is 0.704. The summed E-state index contributed by atoms with van der Waals surface area (Å²) in [5.74, 6) is -0.416. The van der Waals surface area contributed by atoms with Crippen LogP contribution in [0.2, 0.25) is 0 Å². The molecule has 1 aromatic carbocycles. The molecule has 0 saturated heterocycles. The van der Waals surface area contributed by atoms with Crippen LogP contribution in [-0.4, -0.2) is 54.4 Å². The number of benzene rings is 1. The predicted molar refractivity (Wildman–Crippen MR) is 77.4 cm³/mol. The molecule has 1 heterocycles. The van der Waals surface area contributed by atoms with Gasteiger partial charge in [-0.2, -0.15) is 12.7 Å². The molecule has 0 bridgehead atoms. The molecular weight excluding hydrogens is 296 g/mol. The summed E-state index contributed by atoms with van der Waals surface area (Å²) < 4.78 is 26.6. The minimum absolute atomic E-state index is 0.172. The van der Waals surface area contributed by atoms with Crippen LogP contribution in [0.25, 0.3) is 11.0 Å². The highest BCUT2D eigenvalue weighted by atomic mass is 32.2. The molecule has 2 rings (SSSR count). The second-order valence-corrected chi connectivity index (χ2v) is 6.62. The zero-order chi connectivity index (χ0) is 15.6. The van der Waals surface area contributed by atoms with Gasteiger partial charge < -0.3 is 10.1 Å². The van der Waals surface area contributed by atoms with Crippen LogP contribution in [0, 0.1) is 0 Å². The molecule has 0 aliphatic heterocycles. The number of rotatable bonds is 6. The Kier molecular flexibility index (Phi) is 4.26. The van der Waals surface area contributed by atoms with E-state index >= 15 is 0 Å². The van der Waals surface area contributed by atoms with Gasteiger partial charge in [0.25, 0.3) is 10.2 Å². The SMILES string of the molecule is CN(C)S(=O)(=O)NCCc1nc2ccc(C(=O)O)cc2[nH]1. The van der Waals surface area contributed by atoms with Crippen molar-refractivity contribution in [2.75, 3.05) is 20.6 Å². The number of fused-ring (bicyclic) bond motifs is 1. The van der Waals surface area contributed by atoms with E-state index in [9.17, 15) is 13.2 Å². The van der Waals surface area contributed by atoms with Gasteiger partial charge in [0, 0.05) is 27.1 Å². The molecule has 114 valence electrons. The largest absolute Gasteiger partial charge is 0.478 e. The van der Waals surface area contributed by atoms with Crippen molar-refractivity contribution in [2.24, 2.45) is 0 Å². The Bertz CT molecular complexity index is 767. The summed E-state index contributed by atoms with van der Waals surface area (Å²) in [7, 11) is -0.570. The van der Waals surface area contributed by atoms with Crippen LogP contribution in [0.4, 0.5) is 0 Å². The van der Waals surface area contributed by atoms with Crippen LogP contribution in [-0.2, 0) is 16.6 Å². The van der Waals surface area contributed by atoms with Crippen molar-refractivity contribution in [3.05, 3.63) is 29.6 Å². The second-order valence-electron chi connectivity index (χ2n) is 4.65. The molecule has 3 N–H and O–H groups in total. The molecule has 1 aromatic heterocycles. The van der Waals surface area contributed by atoms with Crippen molar-refractivity contribution in [3.8, 4) is 0 Å². The van der Waals surface area contributed by atoms with E-state index in [0.717, 1.165) is 4.31 Å². The maximum absolute atomic E-state index is 11.5. The Morgan fingerprint density at radius 2 is 2.14 bits per heavy atom. The molecular formula is C12H16N4O4S. The summed E-state index contributed by atoms with van der Waals surface area (Å²) in [6.45, 7) is 0.201. The molecule has 0 fully saturated rings. The minimum Gasteiger partial charge on any atom is -0.478 e. The highest BCUT2D eigenvalue weighted by molar-refractivity contribution is 7.87. The molecule has 0 spiro atoms. The third kappa shape index (κ3) is 3.57. The summed E-state index contributed by atoms with van der Waals surface area (Å²) in [4.78, 5) is 18.1. The summed E-state index contributed by atoms with van der Waals surface area (Å²) in [6, 6.07) is 4.59. The Morgan fingerprint density at radius 3 is 2.76 bits per heavy atom. The number of imidazole rings is 1. The van der Waals surface area contributed by atoms with Crippen LogP contribution in [0.1, 0.15) is 16.2 Å². The summed E-state index contributed by atoms with van der Waals surface area (Å²) in [5.41, 5.74) is 1.43. The Balaban J connectivity index is 2.08. The van der Waals surface area contributed by atoms with Crippen LogP contribution in [0.15, 0.2) is 18.2 Å². The first-order valence-corrected chi connectivity index (χ1v) is 7.62. The predicted octanol–water partition coefficient (Wildman–Crippen LogP) is 0.200. The molecule has 0 unspecified atom stereocenters. The van der Waals surface area contributed by atoms with Crippen molar-refractivity contribution in [1.29, 1.82) is 0 Å². The summed E-state index contributed by atoms with van der Waals surface area (Å²) in [6.07, 6.45) is 0.379. The molecule has 0 aliphatic rings. The standard InChI is InChI=1S/C12H16N4O4S/c1-16(2)21(19,20)13-6-5-11-14-9-4-3-8(12(17)18)7-10(9)15-11/h3-4,7,13H,5-6H2,1-2H3,(H,14,15)(H,17,18). The maximum Gasteiger partial charge on any atom is 0.335 e. The van der Waals surface area contributed by atoms with Crippen LogP contribution >= 0.6 is 0 Å². The van der Waals surface area contributed by atoms with E-state index < -0.39 is 16.2 Å². The van der Waals surface area contributed by atoms with Crippen molar-refractivity contribution < 1.29 is 18.3 Å². The van der Waals surface area contributed by atoms with Gasteiger partial charge in [0.2, 0.25) is 0 Å². The fourth-order valence-corrected chi connectivity index (χ4v) is 2.36. The number of hydrogen-bond acceptors (Lipinski definition) is 4. The number of nitrogens with zero attached hydrogens (tertiary/aromatic N) is 2. The highest BCUT2D eigenvalue weighted by Crippen LogP contribution is 2.14. The molecule has 9 heteroatoms. The highest BCUT2D eigenvalue weighted by Gasteiger charge is 2.12. The molecule has 21 heavy (non-hydrogen) atoms. The van der Waals surface area contributed by atoms with E-state index in [4.69, 9.17) is 5.11 Å². The van der Waals surface area contributed by atoms with Gasteiger partial charge in [0.05, 0.1) is 16.6 Å². The average Bonchev–Trinajstić information content (AvgIpc) is 2.79. The molecule has 2 aromatic rings. The number of nitrogens with one attached hydrogen (secondary N) is 2. The third-order valence-corrected chi connectivity index (χ3v) is 4.44. The summed E-state index contributed by atoms with van der Waals surface area (Å²) >= 11 is 0. The van der Waals surface area contributed by atoms with E-state index in [0.29, 0.717) is 23.3 Å². The molecule has 0 saturated carbocycles. The summed E-state index contributed by atoms with van der Waals surface area (Å²) in [5, 5.41) is 8.92. The van der Waals surface area contributed by atoms with Gasteiger partial charge in [0.1, 0.15) is 5.82 Å². The van der Waals surface area contributed by atoms with Gasteiger partial charge in [-0.15, -0.1) is 0 Å². The van der Waals surface area contributed by atoms with Crippen molar-refractivity contribution in [1.82, 2.24) is 19.0 Å². The number of aromatic nitrogens is 2. The normalized spacial score (nSPS) is 12.1. The van der Waals surface area contributed by atoms with Gasteiger partial charge in [-0.05, 0) is 18.2 Å². The number of H-pyrrole nitrogens is 1. The third-order valence-electron chi connectivity index (χ3n) is 2.90. The number of carboxylic acid groups (broad SMARTS) is 1. The monoisotopic (exact) mass is 312 g/mol. The lowest BCUT2D eigenvalue weighted by molar-refractivity contribution is 0.0697. The zero-order valence-corrected chi connectivity index (χ0v) is 12.4. The maximum atomic E-state index is 11.5. The lowest BCUT2D eigenvalue weighted by Gasteiger charge is -2.11. The number of aromatic carboxylic acids is 1. The van der Waals surface area contributed by atoms with E-state index in [1.165, 1.54) is 26.2 Å². The van der Waals surface area contributed by atoms with Crippen LogP contribution in [0.3, 0.4) is 0 Å². The molecule has 0 atom stereocenters. The van der Waals surface area contributed by atoms with Crippen LogP contribution < -0.4 is 4.72 Å². The molecule has 8 nitrogen and oxygen atoms in total. The van der Waals surface area contributed by atoms with E-state index in [2.05, 4.69) is 14.7 Å². The molecule has 0 aliphatic carbocycles. The van der Waals surface area contributed by atoms with Crippen molar-refractivity contribution in [2.45, 2.75) is 6.42 Å². The second kappa shape index (κ2) is 5.80. The van der Waals surface area contributed by atoms with Gasteiger partial charge >= 0.3 is 5.97 Å². The average molecular weight is 312 g/mol. The van der Waals surface area contributed by atoms with E-state index in [-0.39, 0.29) is 12.1 Å². The number of aromatic amines is 1. The zero-order valence-electron chi connectivity index (χ0n) is 11.6. The van der Waals surface area contributed by atoms with Gasteiger partial charge in [-0.1, -0.05) is 0 Å². The van der Waals surface area contributed by atoms with Crippen molar-refractivity contribution >= 4 is 27.2 Å². The van der Waals surface area contributed by atoms with Crippen LogP contribution in [0.5, 0.6) is 0 Å². The fraction of sp³-hybridized carbons (Fsp3) is 0.333. The van der Waals surface area contributed by atoms with Gasteiger partial charge in [-0.25, -0.2) is 14.5 Å². The number of carbonyl (C=O) groups is 1. The first-order chi connectivity index (χ1) is 9.79. The molecule has 0 amide bonds. The smallest absolute Gasteiger partial charge is 0.335 e. The van der Waals surface area contributed by atoms with Gasteiger partial charge in [-0.3, -0.25) is 0 Å². The topological polar surface area (TPSA) is 115 Å². The van der Waals surface area contributed by atoms with Gasteiger partial charge in [0.15, 0.2) is 0 Å². The lowest BCUT2D eigenvalue weighted by atomic mass is 10.2. The Hall–Kier alpha value is -1.97. The van der Waals surface area contributed by atoms with Crippen molar-refractivity contribution in [3.63, 3.8) is 0 Å².